The van der Waals surface area contributed by atoms with E-state index in [4.69, 9.17) is 24.7 Å². The number of carbonyl (C=O) groups is 2. The molecule has 4 N–H and O–H groups in total. The lowest BCUT2D eigenvalue weighted by molar-refractivity contribution is -0.138. The monoisotopic (exact) mass is 347 g/mol. The first-order valence-electron chi connectivity index (χ1n) is 7.85. The lowest BCUT2D eigenvalue weighted by atomic mass is 10.4. The largest absolute Gasteiger partial charge is 0.460 e. The van der Waals surface area contributed by atoms with E-state index in [0.717, 1.165) is 0 Å². The summed E-state index contributed by atoms with van der Waals surface area (Å²) in [6.07, 6.45) is 0. The average Bonchev–Trinajstić information content (AvgIpc) is 2.56. The predicted octanol–water partition coefficient (Wildman–Crippen LogP) is -0.587. The number of ether oxygens (including phenoxy) is 4. The quantitative estimate of drug-likeness (QED) is 0.206. The minimum atomic E-state index is -0.473. The van der Waals surface area contributed by atoms with E-state index in [1.165, 1.54) is 0 Å². The standard InChI is InChI=1S/C15H29N3O6/c1-13(2)14(19)24-8-5-18-15(20)17-4-7-22-10-12-23-11-9-21-6-3-16/h1,3-12,16H2,2H3,(H2,17,18,20). The van der Waals surface area contributed by atoms with Crippen LogP contribution in [0.3, 0.4) is 0 Å². The summed E-state index contributed by atoms with van der Waals surface area (Å²) in [4.78, 5) is 22.5. The lowest BCUT2D eigenvalue weighted by Gasteiger charge is -2.09. The van der Waals surface area contributed by atoms with Gasteiger partial charge in [-0.2, -0.15) is 0 Å². The molecule has 0 unspecified atom stereocenters. The summed E-state index contributed by atoms with van der Waals surface area (Å²) < 4.78 is 20.5. The van der Waals surface area contributed by atoms with Crippen molar-refractivity contribution in [3.05, 3.63) is 12.2 Å². The van der Waals surface area contributed by atoms with E-state index in [-0.39, 0.29) is 19.2 Å². The van der Waals surface area contributed by atoms with E-state index < -0.39 is 5.97 Å². The van der Waals surface area contributed by atoms with Crippen molar-refractivity contribution < 1.29 is 28.5 Å². The Morgan fingerprint density at radius 3 is 1.92 bits per heavy atom. The molecule has 0 aromatic heterocycles. The number of rotatable bonds is 15. The Morgan fingerprint density at radius 1 is 0.875 bits per heavy atom. The van der Waals surface area contributed by atoms with Crippen molar-refractivity contribution >= 4 is 12.0 Å². The molecule has 0 aliphatic carbocycles. The molecular formula is C15H29N3O6. The first-order chi connectivity index (χ1) is 11.6. The molecule has 0 rings (SSSR count). The summed E-state index contributed by atoms with van der Waals surface area (Å²) in [5.41, 5.74) is 5.60. The molecule has 0 radical (unpaired) electrons. The number of urea groups is 1. The Labute approximate surface area is 142 Å². The number of esters is 1. The maximum absolute atomic E-state index is 11.4. The Bertz CT molecular complexity index is 365. The minimum Gasteiger partial charge on any atom is -0.460 e. The molecule has 9 heteroatoms. The Balaban J connectivity index is 3.26. The van der Waals surface area contributed by atoms with Crippen LogP contribution in [0, 0.1) is 0 Å². The first-order valence-corrected chi connectivity index (χ1v) is 7.85. The summed E-state index contributed by atoms with van der Waals surface area (Å²) in [7, 11) is 0. The topological polar surface area (TPSA) is 121 Å². The highest BCUT2D eigenvalue weighted by atomic mass is 16.5. The van der Waals surface area contributed by atoms with Gasteiger partial charge in [-0.05, 0) is 6.92 Å². The zero-order valence-electron chi connectivity index (χ0n) is 14.3. The molecule has 0 aromatic carbocycles. The van der Waals surface area contributed by atoms with Crippen LogP contribution in [0.4, 0.5) is 4.79 Å². The lowest BCUT2D eigenvalue weighted by Crippen LogP contribution is -2.39. The summed E-state index contributed by atoms with van der Waals surface area (Å²) in [6.45, 7) is 9.05. The molecule has 0 aliphatic rings. The molecule has 0 heterocycles. The van der Waals surface area contributed by atoms with Gasteiger partial charge in [0.15, 0.2) is 0 Å². The van der Waals surface area contributed by atoms with Crippen LogP contribution in [0.2, 0.25) is 0 Å². The van der Waals surface area contributed by atoms with Gasteiger partial charge in [0.2, 0.25) is 0 Å². The van der Waals surface area contributed by atoms with Crippen molar-refractivity contribution in [2.75, 3.05) is 65.9 Å². The summed E-state index contributed by atoms with van der Waals surface area (Å²) in [6, 6.07) is -0.349. The molecule has 0 aromatic rings. The van der Waals surface area contributed by atoms with Crippen molar-refractivity contribution in [2.45, 2.75) is 6.92 Å². The molecule has 0 aliphatic heterocycles. The molecule has 24 heavy (non-hydrogen) atoms. The van der Waals surface area contributed by atoms with Gasteiger partial charge in [-0.1, -0.05) is 6.58 Å². The summed E-state index contributed by atoms with van der Waals surface area (Å²) >= 11 is 0. The predicted molar refractivity (Wildman–Crippen MR) is 88.7 cm³/mol. The Kier molecular flexibility index (Phi) is 15.1. The molecule has 9 nitrogen and oxygen atoms in total. The van der Waals surface area contributed by atoms with Gasteiger partial charge < -0.3 is 35.3 Å². The highest BCUT2D eigenvalue weighted by molar-refractivity contribution is 5.86. The third kappa shape index (κ3) is 15.2. The van der Waals surface area contributed by atoms with Gasteiger partial charge in [0.25, 0.3) is 0 Å². The fourth-order valence-electron chi connectivity index (χ4n) is 1.36. The fourth-order valence-corrected chi connectivity index (χ4v) is 1.36. The van der Waals surface area contributed by atoms with Gasteiger partial charge in [-0.25, -0.2) is 9.59 Å². The molecule has 0 bridgehead atoms. The van der Waals surface area contributed by atoms with Crippen LogP contribution in [0.5, 0.6) is 0 Å². The maximum Gasteiger partial charge on any atom is 0.333 e. The third-order valence-electron chi connectivity index (χ3n) is 2.51. The molecule has 0 saturated carbocycles. The molecule has 2 amide bonds. The number of hydrogen-bond acceptors (Lipinski definition) is 7. The second-order valence-electron chi connectivity index (χ2n) is 4.72. The zero-order valence-corrected chi connectivity index (χ0v) is 14.3. The van der Waals surface area contributed by atoms with Crippen molar-refractivity contribution in [2.24, 2.45) is 5.73 Å². The van der Waals surface area contributed by atoms with Crippen molar-refractivity contribution in [1.29, 1.82) is 0 Å². The molecular weight excluding hydrogens is 318 g/mol. The smallest absolute Gasteiger partial charge is 0.333 e. The van der Waals surface area contributed by atoms with Crippen LogP contribution in [0.15, 0.2) is 12.2 Å². The van der Waals surface area contributed by atoms with E-state index in [2.05, 4.69) is 17.2 Å². The number of nitrogens with two attached hydrogens (primary N) is 1. The van der Waals surface area contributed by atoms with Gasteiger partial charge in [-0.15, -0.1) is 0 Å². The number of nitrogens with one attached hydrogen (secondary N) is 2. The molecule has 0 saturated heterocycles. The SMILES string of the molecule is C=C(C)C(=O)OCCNC(=O)NCCOCCOCCOCCN. The van der Waals surface area contributed by atoms with Crippen LogP contribution >= 0.6 is 0 Å². The van der Waals surface area contributed by atoms with Crippen molar-refractivity contribution in [1.82, 2.24) is 10.6 Å². The average molecular weight is 347 g/mol. The van der Waals surface area contributed by atoms with Gasteiger partial charge in [0, 0.05) is 18.7 Å². The van der Waals surface area contributed by atoms with Crippen LogP contribution in [0.25, 0.3) is 0 Å². The van der Waals surface area contributed by atoms with Gasteiger partial charge in [0.05, 0.1) is 46.2 Å². The van der Waals surface area contributed by atoms with Crippen molar-refractivity contribution in [3.63, 3.8) is 0 Å². The molecule has 140 valence electrons. The Hall–Kier alpha value is -1.68. The summed E-state index contributed by atoms with van der Waals surface area (Å²) in [5, 5.41) is 5.17. The molecule has 0 spiro atoms. The number of amides is 2. The highest BCUT2D eigenvalue weighted by Crippen LogP contribution is 1.90. The van der Waals surface area contributed by atoms with E-state index in [1.807, 2.05) is 0 Å². The van der Waals surface area contributed by atoms with E-state index in [1.54, 1.807) is 6.92 Å². The van der Waals surface area contributed by atoms with E-state index >= 15 is 0 Å². The van der Waals surface area contributed by atoms with Gasteiger partial charge in [0.1, 0.15) is 6.61 Å². The Morgan fingerprint density at radius 2 is 1.38 bits per heavy atom. The van der Waals surface area contributed by atoms with Crippen LogP contribution in [0.1, 0.15) is 6.92 Å². The highest BCUT2D eigenvalue weighted by Gasteiger charge is 2.03. The summed E-state index contributed by atoms with van der Waals surface area (Å²) in [5.74, 6) is -0.473. The van der Waals surface area contributed by atoms with E-state index in [9.17, 15) is 9.59 Å². The second kappa shape index (κ2) is 16.2. The maximum atomic E-state index is 11.4. The van der Waals surface area contributed by atoms with Crippen LogP contribution in [-0.4, -0.2) is 77.9 Å². The van der Waals surface area contributed by atoms with Gasteiger partial charge >= 0.3 is 12.0 Å². The van der Waals surface area contributed by atoms with Crippen LogP contribution in [-0.2, 0) is 23.7 Å². The fraction of sp³-hybridized carbons (Fsp3) is 0.733. The van der Waals surface area contributed by atoms with Gasteiger partial charge in [-0.3, -0.25) is 0 Å². The normalized spacial score (nSPS) is 10.2. The molecule has 0 atom stereocenters. The number of hydrogen-bond donors (Lipinski definition) is 3. The minimum absolute atomic E-state index is 0.0992. The van der Waals surface area contributed by atoms with Crippen LogP contribution < -0.4 is 16.4 Å². The second-order valence-corrected chi connectivity index (χ2v) is 4.72. The van der Waals surface area contributed by atoms with E-state index in [0.29, 0.717) is 58.3 Å². The molecule has 0 fully saturated rings. The third-order valence-corrected chi connectivity index (χ3v) is 2.51. The number of carbonyl (C=O) groups excluding carboxylic acids is 2. The van der Waals surface area contributed by atoms with Crippen molar-refractivity contribution in [3.8, 4) is 0 Å². The first kappa shape index (κ1) is 22.3. The zero-order chi connectivity index (χ0) is 18.0.